The predicted octanol–water partition coefficient (Wildman–Crippen LogP) is 6.97. The van der Waals surface area contributed by atoms with Gasteiger partial charge in [-0.1, -0.05) is 72.0 Å². The summed E-state index contributed by atoms with van der Waals surface area (Å²) < 4.78 is 34.4. The molecule has 0 atom stereocenters. The van der Waals surface area contributed by atoms with E-state index in [4.69, 9.17) is 4.74 Å². The highest BCUT2D eigenvalue weighted by Crippen LogP contribution is 2.36. The Balaban J connectivity index is 1.69. The van der Waals surface area contributed by atoms with Gasteiger partial charge in [-0.05, 0) is 35.4 Å². The number of amides is 1. The van der Waals surface area contributed by atoms with Gasteiger partial charge in [0.25, 0.3) is 5.91 Å². The highest BCUT2D eigenvalue weighted by atomic mass is 32.1. The molecule has 0 saturated heterocycles. The second kappa shape index (κ2) is 9.19. The van der Waals surface area contributed by atoms with E-state index in [1.165, 1.54) is 11.0 Å². The minimum absolute atomic E-state index is 0.0372. The Labute approximate surface area is 199 Å². The molecular weight excluding hydrogens is 454 g/mol. The normalized spacial score (nSPS) is 11.1. The van der Waals surface area contributed by atoms with E-state index in [1.807, 2.05) is 67.6 Å². The zero-order chi connectivity index (χ0) is 23.7. The van der Waals surface area contributed by atoms with Crippen molar-refractivity contribution in [3.8, 4) is 5.75 Å². The fourth-order valence-electron chi connectivity index (χ4n) is 3.94. The Morgan fingerprint density at radius 1 is 1.00 bits per heavy atom. The summed E-state index contributed by atoms with van der Waals surface area (Å²) in [6, 6.07) is 22.8. The summed E-state index contributed by atoms with van der Waals surface area (Å²) in [5.74, 6) is -1.31. The zero-order valence-corrected chi connectivity index (χ0v) is 19.1. The maximum absolute atomic E-state index is 14.4. The number of hydrogen-bond acceptors (Lipinski definition) is 4. The maximum Gasteiger partial charge on any atom is 0.264 e. The molecule has 5 aromatic rings. The van der Waals surface area contributed by atoms with Gasteiger partial charge in [0, 0.05) is 6.07 Å². The molecule has 0 saturated carbocycles. The topological polar surface area (TPSA) is 42.4 Å². The van der Waals surface area contributed by atoms with Gasteiger partial charge in [0.1, 0.15) is 17.1 Å². The number of rotatable bonds is 6. The number of aromatic nitrogens is 1. The number of carbonyl (C=O) groups excluding carboxylic acids is 1. The third-order valence-electron chi connectivity index (χ3n) is 5.47. The van der Waals surface area contributed by atoms with Gasteiger partial charge in [0.2, 0.25) is 0 Å². The van der Waals surface area contributed by atoms with Crippen LogP contribution in [0.4, 0.5) is 13.9 Å². The number of benzene rings is 4. The number of nitrogens with zero attached hydrogens (tertiary/aromatic N) is 2. The first kappa shape index (κ1) is 22.0. The van der Waals surface area contributed by atoms with E-state index in [2.05, 4.69) is 4.98 Å². The van der Waals surface area contributed by atoms with Crippen molar-refractivity contribution in [1.82, 2.24) is 4.98 Å². The van der Waals surface area contributed by atoms with Gasteiger partial charge in [-0.3, -0.25) is 9.69 Å². The number of ether oxygens (including phenoxy) is 1. The molecule has 0 aliphatic carbocycles. The highest BCUT2D eigenvalue weighted by molar-refractivity contribution is 7.22. The van der Waals surface area contributed by atoms with Crippen LogP contribution >= 0.6 is 11.3 Å². The largest absolute Gasteiger partial charge is 0.493 e. The van der Waals surface area contributed by atoms with Gasteiger partial charge in [-0.25, -0.2) is 13.8 Å². The molecule has 0 unspecified atom stereocenters. The summed E-state index contributed by atoms with van der Waals surface area (Å²) in [7, 11) is 0. The summed E-state index contributed by atoms with van der Waals surface area (Å²) >= 11 is 1.07. The molecule has 170 valence electrons. The number of hydrogen-bond donors (Lipinski definition) is 0. The predicted molar refractivity (Wildman–Crippen MR) is 132 cm³/mol. The van der Waals surface area contributed by atoms with E-state index in [9.17, 15) is 13.6 Å². The molecule has 34 heavy (non-hydrogen) atoms. The number of anilines is 1. The Bertz CT molecular complexity index is 1500. The lowest BCUT2D eigenvalue weighted by molar-refractivity contribution is 0.0983. The van der Waals surface area contributed by atoms with Gasteiger partial charge < -0.3 is 4.74 Å². The SMILES string of the molecule is CCOc1ccc2ccccc2c1C(=O)N(Cc1ccccc1)c1nc2c(F)cc(F)cc2s1. The molecule has 0 radical (unpaired) electrons. The van der Waals surface area contributed by atoms with Crippen LogP contribution in [0, 0.1) is 11.6 Å². The smallest absolute Gasteiger partial charge is 0.264 e. The molecule has 5 rings (SSSR count). The summed E-state index contributed by atoms with van der Waals surface area (Å²) in [4.78, 5) is 20.0. The Kier molecular flexibility index (Phi) is 5.94. The van der Waals surface area contributed by atoms with Crippen LogP contribution in [-0.4, -0.2) is 17.5 Å². The van der Waals surface area contributed by atoms with Crippen LogP contribution in [0.3, 0.4) is 0 Å². The van der Waals surface area contributed by atoms with Crippen molar-refractivity contribution in [3.63, 3.8) is 0 Å². The molecular formula is C27H20F2N2O2S. The van der Waals surface area contributed by atoms with Crippen molar-refractivity contribution in [2.45, 2.75) is 13.5 Å². The van der Waals surface area contributed by atoms with E-state index in [0.717, 1.165) is 33.7 Å². The average molecular weight is 475 g/mol. The Hall–Kier alpha value is -3.84. The van der Waals surface area contributed by atoms with Crippen molar-refractivity contribution in [3.05, 3.63) is 102 Å². The molecule has 1 amide bonds. The molecule has 1 aromatic heterocycles. The minimum atomic E-state index is -0.759. The molecule has 0 aliphatic rings. The second-order valence-corrected chi connectivity index (χ2v) is 8.71. The van der Waals surface area contributed by atoms with E-state index >= 15 is 0 Å². The van der Waals surface area contributed by atoms with Crippen LogP contribution in [0.2, 0.25) is 0 Å². The van der Waals surface area contributed by atoms with Crippen molar-refractivity contribution in [2.24, 2.45) is 0 Å². The number of thiazole rings is 1. The molecule has 0 bridgehead atoms. The number of fused-ring (bicyclic) bond motifs is 2. The molecule has 0 spiro atoms. The summed E-state index contributed by atoms with van der Waals surface area (Å²) in [5, 5.41) is 1.92. The lowest BCUT2D eigenvalue weighted by Crippen LogP contribution is -2.31. The van der Waals surface area contributed by atoms with E-state index in [0.29, 0.717) is 22.6 Å². The van der Waals surface area contributed by atoms with E-state index in [-0.39, 0.29) is 23.1 Å². The van der Waals surface area contributed by atoms with Crippen LogP contribution in [0.1, 0.15) is 22.8 Å². The van der Waals surface area contributed by atoms with Gasteiger partial charge in [0.15, 0.2) is 10.9 Å². The second-order valence-electron chi connectivity index (χ2n) is 7.70. The highest BCUT2D eigenvalue weighted by Gasteiger charge is 2.27. The first-order valence-corrected chi connectivity index (χ1v) is 11.6. The summed E-state index contributed by atoms with van der Waals surface area (Å²) in [6.07, 6.45) is 0. The number of carbonyl (C=O) groups is 1. The van der Waals surface area contributed by atoms with Crippen molar-refractivity contribution in [2.75, 3.05) is 11.5 Å². The van der Waals surface area contributed by atoms with Crippen LogP contribution < -0.4 is 9.64 Å². The van der Waals surface area contributed by atoms with Crippen molar-refractivity contribution >= 4 is 43.4 Å². The van der Waals surface area contributed by atoms with Crippen LogP contribution in [-0.2, 0) is 6.54 Å². The van der Waals surface area contributed by atoms with Gasteiger partial charge in [-0.2, -0.15) is 0 Å². The van der Waals surface area contributed by atoms with Gasteiger partial charge in [-0.15, -0.1) is 0 Å². The molecule has 0 aliphatic heterocycles. The summed E-state index contributed by atoms with van der Waals surface area (Å²) in [5.41, 5.74) is 1.32. The van der Waals surface area contributed by atoms with Gasteiger partial charge >= 0.3 is 0 Å². The quantitative estimate of drug-likeness (QED) is 0.267. The first-order chi connectivity index (χ1) is 16.5. The zero-order valence-electron chi connectivity index (χ0n) is 18.3. The lowest BCUT2D eigenvalue weighted by atomic mass is 10.0. The van der Waals surface area contributed by atoms with Crippen molar-refractivity contribution < 1.29 is 18.3 Å². The standard InChI is InChI=1S/C27H20F2N2O2S/c1-2-33-22-13-12-18-10-6-7-11-20(18)24(22)26(32)31(16-17-8-4-3-5-9-17)27-30-25-21(29)14-19(28)15-23(25)34-27/h3-15H,2,16H2,1H3. The summed E-state index contributed by atoms with van der Waals surface area (Å²) in [6.45, 7) is 2.46. The van der Waals surface area contributed by atoms with Crippen LogP contribution in [0.15, 0.2) is 78.9 Å². The van der Waals surface area contributed by atoms with E-state index < -0.39 is 11.6 Å². The molecule has 0 N–H and O–H groups in total. The molecule has 4 nitrogen and oxygen atoms in total. The first-order valence-electron chi connectivity index (χ1n) is 10.8. The molecule has 1 heterocycles. The Morgan fingerprint density at radius 3 is 2.56 bits per heavy atom. The molecule has 0 fully saturated rings. The minimum Gasteiger partial charge on any atom is -0.493 e. The number of halogens is 2. The van der Waals surface area contributed by atoms with Crippen LogP contribution in [0.25, 0.3) is 21.0 Å². The Morgan fingerprint density at radius 2 is 1.76 bits per heavy atom. The monoisotopic (exact) mass is 474 g/mol. The third kappa shape index (κ3) is 4.10. The van der Waals surface area contributed by atoms with Crippen molar-refractivity contribution in [1.29, 1.82) is 0 Å². The molecule has 4 aromatic carbocycles. The fourth-order valence-corrected chi connectivity index (χ4v) is 4.94. The average Bonchev–Trinajstić information content (AvgIpc) is 3.27. The lowest BCUT2D eigenvalue weighted by Gasteiger charge is -2.22. The maximum atomic E-state index is 14.4. The van der Waals surface area contributed by atoms with E-state index in [1.54, 1.807) is 6.07 Å². The third-order valence-corrected chi connectivity index (χ3v) is 6.49. The van der Waals surface area contributed by atoms with Crippen LogP contribution in [0.5, 0.6) is 5.75 Å². The van der Waals surface area contributed by atoms with Gasteiger partial charge in [0.05, 0.1) is 23.4 Å². The fraction of sp³-hybridized carbons (Fsp3) is 0.111. The molecule has 7 heteroatoms.